The molecule has 0 saturated heterocycles. The molecule has 6 heteroatoms. The van der Waals surface area contributed by atoms with Crippen molar-refractivity contribution in [1.82, 2.24) is 9.97 Å². The van der Waals surface area contributed by atoms with E-state index in [1.165, 1.54) is 0 Å². The number of nitrogens with zero attached hydrogens (tertiary/aromatic N) is 2. The van der Waals surface area contributed by atoms with Gasteiger partial charge in [0.05, 0.1) is 6.61 Å². The van der Waals surface area contributed by atoms with Crippen molar-refractivity contribution in [3.63, 3.8) is 0 Å². The molecule has 0 atom stereocenters. The van der Waals surface area contributed by atoms with Crippen molar-refractivity contribution in [3.8, 4) is 0 Å². The molecule has 1 rings (SSSR count). The van der Waals surface area contributed by atoms with Crippen LogP contribution in [0.5, 0.6) is 0 Å². The van der Waals surface area contributed by atoms with Crippen LogP contribution in [0.1, 0.15) is 38.1 Å². The third-order valence-corrected chi connectivity index (χ3v) is 2.62. The van der Waals surface area contributed by atoms with Crippen LogP contribution in [0.4, 0.5) is 11.6 Å². The van der Waals surface area contributed by atoms with Gasteiger partial charge in [-0.15, -0.1) is 0 Å². The SMILES string of the molecule is CCOC(=O)CNc1nc(C(C)C)nc(NC)c1C. The molecular formula is C13H22N4O2. The Bertz CT molecular complexity index is 447. The highest BCUT2D eigenvalue weighted by Gasteiger charge is 2.13. The maximum absolute atomic E-state index is 11.4. The van der Waals surface area contributed by atoms with Crippen molar-refractivity contribution in [2.24, 2.45) is 0 Å². The first-order valence-electron chi connectivity index (χ1n) is 6.45. The summed E-state index contributed by atoms with van der Waals surface area (Å²) in [5, 5.41) is 6.04. The summed E-state index contributed by atoms with van der Waals surface area (Å²) in [5.74, 6) is 2.09. The van der Waals surface area contributed by atoms with E-state index in [1.54, 1.807) is 6.92 Å². The standard InChI is InChI=1S/C13H22N4O2/c1-6-19-10(18)7-15-13-9(4)12(14-5)16-11(17-13)8(2)3/h8H,6-7H2,1-5H3,(H2,14,15,16,17). The Hall–Kier alpha value is -1.85. The smallest absolute Gasteiger partial charge is 0.325 e. The van der Waals surface area contributed by atoms with Gasteiger partial charge < -0.3 is 15.4 Å². The van der Waals surface area contributed by atoms with Crippen molar-refractivity contribution in [3.05, 3.63) is 11.4 Å². The van der Waals surface area contributed by atoms with Gasteiger partial charge in [0.15, 0.2) is 0 Å². The van der Waals surface area contributed by atoms with Gasteiger partial charge in [-0.05, 0) is 13.8 Å². The predicted octanol–water partition coefficient (Wildman–Crippen LogP) is 1.93. The van der Waals surface area contributed by atoms with E-state index in [-0.39, 0.29) is 18.4 Å². The van der Waals surface area contributed by atoms with Crippen molar-refractivity contribution >= 4 is 17.6 Å². The summed E-state index contributed by atoms with van der Waals surface area (Å²) in [6.45, 7) is 8.22. The average Bonchev–Trinajstić information content (AvgIpc) is 2.37. The van der Waals surface area contributed by atoms with Crippen LogP contribution < -0.4 is 10.6 Å². The summed E-state index contributed by atoms with van der Waals surface area (Å²) < 4.78 is 4.88. The maximum Gasteiger partial charge on any atom is 0.325 e. The van der Waals surface area contributed by atoms with E-state index in [4.69, 9.17) is 4.74 Å². The quantitative estimate of drug-likeness (QED) is 0.766. The summed E-state index contributed by atoms with van der Waals surface area (Å²) in [4.78, 5) is 20.2. The molecule has 0 aliphatic heterocycles. The van der Waals surface area contributed by atoms with Crippen LogP contribution in [0.2, 0.25) is 0 Å². The number of nitrogens with one attached hydrogen (secondary N) is 2. The molecule has 0 aliphatic rings. The van der Waals surface area contributed by atoms with Gasteiger partial charge in [0.25, 0.3) is 0 Å². The van der Waals surface area contributed by atoms with Gasteiger partial charge in [-0.3, -0.25) is 4.79 Å². The van der Waals surface area contributed by atoms with Crippen LogP contribution in [-0.4, -0.2) is 36.1 Å². The zero-order valence-electron chi connectivity index (χ0n) is 12.2. The lowest BCUT2D eigenvalue weighted by Crippen LogP contribution is -2.19. The Balaban J connectivity index is 2.92. The van der Waals surface area contributed by atoms with E-state index in [0.29, 0.717) is 12.4 Å². The summed E-state index contributed by atoms with van der Waals surface area (Å²) in [6.07, 6.45) is 0. The molecule has 0 fully saturated rings. The fourth-order valence-electron chi connectivity index (χ4n) is 1.58. The number of hydrogen-bond donors (Lipinski definition) is 2. The highest BCUT2D eigenvalue weighted by Crippen LogP contribution is 2.22. The van der Waals surface area contributed by atoms with E-state index in [2.05, 4.69) is 20.6 Å². The minimum Gasteiger partial charge on any atom is -0.465 e. The van der Waals surface area contributed by atoms with E-state index in [1.807, 2.05) is 27.8 Å². The molecule has 0 amide bonds. The third kappa shape index (κ3) is 4.08. The van der Waals surface area contributed by atoms with Crippen molar-refractivity contribution in [2.75, 3.05) is 30.8 Å². The molecule has 1 aromatic rings. The fraction of sp³-hybridized carbons (Fsp3) is 0.615. The second-order valence-corrected chi connectivity index (χ2v) is 4.47. The van der Waals surface area contributed by atoms with Crippen LogP contribution in [0.3, 0.4) is 0 Å². The zero-order valence-corrected chi connectivity index (χ0v) is 12.2. The molecule has 0 radical (unpaired) electrons. The van der Waals surface area contributed by atoms with Crippen molar-refractivity contribution in [1.29, 1.82) is 0 Å². The Labute approximate surface area is 114 Å². The van der Waals surface area contributed by atoms with Gasteiger partial charge in [0.1, 0.15) is 24.0 Å². The molecule has 19 heavy (non-hydrogen) atoms. The molecule has 1 aromatic heterocycles. The van der Waals surface area contributed by atoms with E-state index in [9.17, 15) is 4.79 Å². The Kier molecular flexibility index (Phi) is 5.54. The molecule has 0 saturated carbocycles. The number of aromatic nitrogens is 2. The number of ether oxygens (including phenoxy) is 1. The molecule has 6 nitrogen and oxygen atoms in total. The second-order valence-electron chi connectivity index (χ2n) is 4.47. The minimum absolute atomic E-state index is 0.104. The highest BCUT2D eigenvalue weighted by atomic mass is 16.5. The molecule has 0 bridgehead atoms. The number of esters is 1. The van der Waals surface area contributed by atoms with Crippen LogP contribution >= 0.6 is 0 Å². The van der Waals surface area contributed by atoms with Gasteiger partial charge in [-0.1, -0.05) is 13.8 Å². The molecule has 0 spiro atoms. The predicted molar refractivity (Wildman–Crippen MR) is 75.5 cm³/mol. The lowest BCUT2D eigenvalue weighted by molar-refractivity contribution is -0.140. The first kappa shape index (κ1) is 15.2. The number of anilines is 2. The third-order valence-electron chi connectivity index (χ3n) is 2.62. The minimum atomic E-state index is -0.294. The van der Waals surface area contributed by atoms with Crippen molar-refractivity contribution in [2.45, 2.75) is 33.6 Å². The molecule has 0 aromatic carbocycles. The lowest BCUT2D eigenvalue weighted by atomic mass is 10.2. The maximum atomic E-state index is 11.4. The summed E-state index contributed by atoms with van der Waals surface area (Å²) in [5.41, 5.74) is 0.885. The fourth-order valence-corrected chi connectivity index (χ4v) is 1.58. The number of carbonyl (C=O) groups excluding carboxylic acids is 1. The molecule has 1 heterocycles. The molecular weight excluding hydrogens is 244 g/mol. The molecule has 0 aliphatic carbocycles. The number of carbonyl (C=O) groups is 1. The van der Waals surface area contributed by atoms with Crippen LogP contribution in [0, 0.1) is 6.92 Å². The van der Waals surface area contributed by atoms with Gasteiger partial charge in [-0.2, -0.15) is 0 Å². The first-order chi connectivity index (χ1) is 8.99. The van der Waals surface area contributed by atoms with E-state index < -0.39 is 0 Å². The Morgan fingerprint density at radius 1 is 1.32 bits per heavy atom. The largest absolute Gasteiger partial charge is 0.465 e. The Morgan fingerprint density at radius 3 is 2.47 bits per heavy atom. The van der Waals surface area contributed by atoms with E-state index in [0.717, 1.165) is 17.2 Å². The topological polar surface area (TPSA) is 76.1 Å². The molecule has 106 valence electrons. The van der Waals surface area contributed by atoms with Crippen LogP contribution in [0.25, 0.3) is 0 Å². The summed E-state index contributed by atoms with van der Waals surface area (Å²) in [6, 6.07) is 0. The van der Waals surface area contributed by atoms with Crippen molar-refractivity contribution < 1.29 is 9.53 Å². The molecule has 0 unspecified atom stereocenters. The Morgan fingerprint density at radius 2 is 1.95 bits per heavy atom. The zero-order chi connectivity index (χ0) is 14.4. The van der Waals surface area contributed by atoms with Gasteiger partial charge in [-0.25, -0.2) is 9.97 Å². The summed E-state index contributed by atoms with van der Waals surface area (Å²) >= 11 is 0. The highest BCUT2D eigenvalue weighted by molar-refractivity contribution is 5.75. The molecule has 2 N–H and O–H groups in total. The number of rotatable bonds is 6. The summed E-state index contributed by atoms with van der Waals surface area (Å²) in [7, 11) is 1.81. The monoisotopic (exact) mass is 266 g/mol. The number of hydrogen-bond acceptors (Lipinski definition) is 6. The van der Waals surface area contributed by atoms with Crippen LogP contribution in [-0.2, 0) is 9.53 Å². The lowest BCUT2D eigenvalue weighted by Gasteiger charge is -2.14. The van der Waals surface area contributed by atoms with Crippen LogP contribution in [0.15, 0.2) is 0 Å². The van der Waals surface area contributed by atoms with E-state index >= 15 is 0 Å². The van der Waals surface area contributed by atoms with Gasteiger partial charge in [0.2, 0.25) is 0 Å². The second kappa shape index (κ2) is 6.92. The first-order valence-corrected chi connectivity index (χ1v) is 6.45. The van der Waals surface area contributed by atoms with Gasteiger partial charge >= 0.3 is 5.97 Å². The van der Waals surface area contributed by atoms with Gasteiger partial charge in [0, 0.05) is 18.5 Å². The normalized spacial score (nSPS) is 10.4. The average molecular weight is 266 g/mol.